The van der Waals surface area contributed by atoms with Gasteiger partial charge in [-0.15, -0.1) is 0 Å². The zero-order valence-electron chi connectivity index (χ0n) is 11.2. The molecule has 0 bridgehead atoms. The molecule has 0 saturated carbocycles. The fraction of sp³-hybridized carbons (Fsp3) is 0.692. The van der Waals surface area contributed by atoms with Crippen LogP contribution in [-0.4, -0.2) is 37.7 Å². The highest BCUT2D eigenvalue weighted by atomic mass is 15.2. The van der Waals surface area contributed by atoms with Crippen molar-refractivity contribution in [3.8, 4) is 0 Å². The predicted molar refractivity (Wildman–Crippen MR) is 70.5 cm³/mol. The predicted octanol–water partition coefficient (Wildman–Crippen LogP) is 1.18. The molecule has 1 unspecified atom stereocenters. The summed E-state index contributed by atoms with van der Waals surface area (Å²) in [4.78, 5) is 11.2. The largest absolute Gasteiger partial charge is 0.347 e. The number of aromatic nitrogens is 2. The first-order chi connectivity index (χ1) is 8.11. The minimum Gasteiger partial charge on any atom is -0.347 e. The second-order valence-electron chi connectivity index (χ2n) is 5.10. The third kappa shape index (κ3) is 2.57. The second-order valence-corrected chi connectivity index (χ2v) is 5.10. The number of fused-ring (bicyclic) bond motifs is 1. The van der Waals surface area contributed by atoms with Gasteiger partial charge in [0.2, 0.25) is 5.95 Å². The van der Waals surface area contributed by atoms with E-state index in [9.17, 15) is 0 Å². The van der Waals surface area contributed by atoms with Crippen LogP contribution in [0.25, 0.3) is 0 Å². The first-order valence-electron chi connectivity index (χ1n) is 6.30. The smallest absolute Gasteiger partial charge is 0.225 e. The summed E-state index contributed by atoms with van der Waals surface area (Å²) >= 11 is 0. The molecule has 0 aromatic carbocycles. The van der Waals surface area contributed by atoms with Crippen LogP contribution in [0.2, 0.25) is 0 Å². The van der Waals surface area contributed by atoms with Crippen LogP contribution in [0.5, 0.6) is 0 Å². The molecular formula is C13H22N4. The fourth-order valence-electron chi connectivity index (χ4n) is 2.51. The maximum absolute atomic E-state index is 4.66. The quantitative estimate of drug-likeness (QED) is 0.852. The molecule has 1 aliphatic carbocycles. The van der Waals surface area contributed by atoms with Crippen molar-refractivity contribution in [1.82, 2.24) is 15.3 Å². The van der Waals surface area contributed by atoms with Crippen molar-refractivity contribution in [1.29, 1.82) is 0 Å². The molecule has 17 heavy (non-hydrogen) atoms. The first-order valence-corrected chi connectivity index (χ1v) is 6.30. The van der Waals surface area contributed by atoms with Crippen molar-refractivity contribution in [2.24, 2.45) is 5.92 Å². The molecule has 1 N–H and O–H groups in total. The van der Waals surface area contributed by atoms with Crippen LogP contribution < -0.4 is 10.2 Å². The normalized spacial score (nSPS) is 18.9. The van der Waals surface area contributed by atoms with Gasteiger partial charge in [0.15, 0.2) is 0 Å². The first kappa shape index (κ1) is 12.3. The summed E-state index contributed by atoms with van der Waals surface area (Å²) in [5.41, 5.74) is 3.79. The Bertz CT molecular complexity index is 401. The van der Waals surface area contributed by atoms with E-state index < -0.39 is 0 Å². The van der Waals surface area contributed by atoms with Crippen LogP contribution in [0.3, 0.4) is 0 Å². The molecule has 94 valence electrons. The van der Waals surface area contributed by atoms with Gasteiger partial charge in [-0.25, -0.2) is 9.97 Å². The Morgan fingerprint density at radius 2 is 2.12 bits per heavy atom. The van der Waals surface area contributed by atoms with Crippen LogP contribution in [-0.2, 0) is 12.8 Å². The topological polar surface area (TPSA) is 41.1 Å². The molecule has 0 spiro atoms. The zero-order chi connectivity index (χ0) is 12.4. The molecule has 2 rings (SSSR count). The molecular weight excluding hydrogens is 212 g/mol. The van der Waals surface area contributed by atoms with Crippen LogP contribution in [0.1, 0.15) is 23.4 Å². The van der Waals surface area contributed by atoms with Gasteiger partial charge < -0.3 is 10.2 Å². The Hall–Kier alpha value is -1.16. The lowest BCUT2D eigenvalue weighted by Gasteiger charge is -2.26. The summed E-state index contributed by atoms with van der Waals surface area (Å²) in [5.74, 6) is 1.58. The molecule has 0 saturated heterocycles. The maximum atomic E-state index is 4.66. The third-order valence-electron chi connectivity index (χ3n) is 3.46. The lowest BCUT2D eigenvalue weighted by Crippen LogP contribution is -2.27. The number of nitrogens with zero attached hydrogens (tertiary/aromatic N) is 3. The van der Waals surface area contributed by atoms with Gasteiger partial charge in [0, 0.05) is 25.5 Å². The molecule has 1 atom stereocenters. The van der Waals surface area contributed by atoms with Crippen molar-refractivity contribution in [3.05, 3.63) is 17.0 Å². The van der Waals surface area contributed by atoms with Gasteiger partial charge in [0.1, 0.15) is 0 Å². The van der Waals surface area contributed by atoms with Crippen LogP contribution in [0.4, 0.5) is 5.95 Å². The van der Waals surface area contributed by atoms with Crippen LogP contribution in [0, 0.1) is 12.8 Å². The van der Waals surface area contributed by atoms with Gasteiger partial charge in [0.25, 0.3) is 0 Å². The standard InChI is InChI=1S/C13H22N4/c1-9-11-7-10(8-14-2)5-6-12(11)16-13(15-9)17(3)4/h10,14H,5-8H2,1-4H3. The number of aryl methyl sites for hydroxylation is 2. The van der Waals surface area contributed by atoms with Gasteiger partial charge in [-0.05, 0) is 51.3 Å². The SMILES string of the molecule is CNCC1CCc2nc(N(C)C)nc(C)c2C1. The molecule has 1 aliphatic rings. The van der Waals surface area contributed by atoms with Gasteiger partial charge in [-0.1, -0.05) is 0 Å². The number of nitrogens with one attached hydrogen (secondary N) is 1. The van der Waals surface area contributed by atoms with Crippen molar-refractivity contribution < 1.29 is 0 Å². The number of anilines is 1. The summed E-state index contributed by atoms with van der Waals surface area (Å²) < 4.78 is 0. The summed E-state index contributed by atoms with van der Waals surface area (Å²) in [7, 11) is 6.01. The van der Waals surface area contributed by atoms with Crippen molar-refractivity contribution in [2.45, 2.75) is 26.2 Å². The molecule has 0 radical (unpaired) electrons. The van der Waals surface area contributed by atoms with Gasteiger partial charge in [0.05, 0.1) is 0 Å². The molecule has 1 heterocycles. The molecule has 0 fully saturated rings. The Morgan fingerprint density at radius 3 is 2.76 bits per heavy atom. The van der Waals surface area contributed by atoms with E-state index in [1.54, 1.807) is 0 Å². The van der Waals surface area contributed by atoms with E-state index in [1.807, 2.05) is 26.0 Å². The van der Waals surface area contributed by atoms with Gasteiger partial charge >= 0.3 is 0 Å². The van der Waals surface area contributed by atoms with E-state index in [0.29, 0.717) is 0 Å². The molecule has 4 nitrogen and oxygen atoms in total. The second kappa shape index (κ2) is 5.00. The highest BCUT2D eigenvalue weighted by Crippen LogP contribution is 2.27. The monoisotopic (exact) mass is 234 g/mol. The van der Waals surface area contributed by atoms with Gasteiger partial charge in [-0.3, -0.25) is 0 Å². The molecule has 0 aliphatic heterocycles. The summed E-state index contributed by atoms with van der Waals surface area (Å²) in [6, 6.07) is 0. The zero-order valence-corrected chi connectivity index (χ0v) is 11.2. The highest BCUT2D eigenvalue weighted by Gasteiger charge is 2.22. The Labute approximate surface area is 103 Å². The average Bonchev–Trinajstić information content (AvgIpc) is 2.30. The average molecular weight is 234 g/mol. The Morgan fingerprint density at radius 1 is 1.35 bits per heavy atom. The Kier molecular flexibility index (Phi) is 3.62. The van der Waals surface area contributed by atoms with Crippen molar-refractivity contribution in [2.75, 3.05) is 32.6 Å². The minimum absolute atomic E-state index is 0.736. The summed E-state index contributed by atoms with van der Waals surface area (Å²) in [5, 5.41) is 3.27. The van der Waals surface area contributed by atoms with Gasteiger partial charge in [-0.2, -0.15) is 0 Å². The number of hydrogen-bond acceptors (Lipinski definition) is 4. The van der Waals surface area contributed by atoms with Crippen molar-refractivity contribution >= 4 is 5.95 Å². The summed E-state index contributed by atoms with van der Waals surface area (Å²) in [6.45, 7) is 3.20. The molecule has 1 aromatic heterocycles. The van der Waals surface area contributed by atoms with Crippen LogP contribution in [0.15, 0.2) is 0 Å². The number of rotatable bonds is 3. The van der Waals surface area contributed by atoms with Crippen LogP contribution >= 0.6 is 0 Å². The molecule has 4 heteroatoms. The van der Waals surface area contributed by atoms with Crippen molar-refractivity contribution in [3.63, 3.8) is 0 Å². The summed E-state index contributed by atoms with van der Waals surface area (Å²) in [6.07, 6.45) is 3.44. The maximum Gasteiger partial charge on any atom is 0.225 e. The van der Waals surface area contributed by atoms with E-state index in [2.05, 4.69) is 22.2 Å². The van der Waals surface area contributed by atoms with E-state index >= 15 is 0 Å². The fourth-order valence-corrected chi connectivity index (χ4v) is 2.51. The Balaban J connectivity index is 2.27. The lowest BCUT2D eigenvalue weighted by atomic mass is 9.86. The lowest BCUT2D eigenvalue weighted by molar-refractivity contribution is 0.432. The highest BCUT2D eigenvalue weighted by molar-refractivity contribution is 5.37. The minimum atomic E-state index is 0.736. The van der Waals surface area contributed by atoms with E-state index in [-0.39, 0.29) is 0 Å². The van der Waals surface area contributed by atoms with E-state index in [0.717, 1.165) is 36.9 Å². The van der Waals surface area contributed by atoms with E-state index in [4.69, 9.17) is 0 Å². The molecule has 0 amide bonds. The number of hydrogen-bond donors (Lipinski definition) is 1. The molecule has 1 aromatic rings. The van der Waals surface area contributed by atoms with E-state index in [1.165, 1.54) is 17.7 Å². The third-order valence-corrected chi connectivity index (χ3v) is 3.46.